The number of ether oxygens (including phenoxy) is 1. The first kappa shape index (κ1) is 22.7. The Morgan fingerprint density at radius 1 is 0.935 bits per heavy atom. The quantitative estimate of drug-likeness (QED) is 0.193. The van der Waals surface area contributed by atoms with Crippen molar-refractivity contribution in [3.8, 4) is 5.75 Å². The van der Waals surface area contributed by atoms with Crippen LogP contribution in [0.1, 0.15) is 55.5 Å². The van der Waals surface area contributed by atoms with Crippen molar-refractivity contribution in [2.24, 2.45) is 5.92 Å². The molecule has 8 heteroatoms. The summed E-state index contributed by atoms with van der Waals surface area (Å²) in [6.45, 7) is 5.76. The second-order valence-corrected chi connectivity index (χ2v) is 7.48. The number of rotatable bonds is 4. The van der Waals surface area contributed by atoms with Crippen molar-refractivity contribution in [3.63, 3.8) is 0 Å². The van der Waals surface area contributed by atoms with Crippen molar-refractivity contribution in [1.29, 1.82) is 0 Å². The molecule has 0 fully saturated rings. The number of esters is 1. The van der Waals surface area contributed by atoms with E-state index in [9.17, 15) is 31.5 Å². The van der Waals surface area contributed by atoms with Crippen molar-refractivity contribution in [3.05, 3.63) is 75.6 Å². The lowest BCUT2D eigenvalue weighted by atomic mass is 9.73. The summed E-state index contributed by atoms with van der Waals surface area (Å²) in [6.07, 6.45) is 1.49. The Morgan fingerprint density at radius 2 is 1.45 bits per heavy atom. The number of hydrogen-bond acceptors (Lipinski definition) is 3. The van der Waals surface area contributed by atoms with Gasteiger partial charge in [0.2, 0.25) is 34.8 Å². The van der Waals surface area contributed by atoms with Gasteiger partial charge >= 0.3 is 5.97 Å². The zero-order valence-electron chi connectivity index (χ0n) is 17.0. The van der Waals surface area contributed by atoms with Crippen LogP contribution in [0.15, 0.2) is 35.4 Å². The summed E-state index contributed by atoms with van der Waals surface area (Å²) in [6, 6.07) is 5.58. The SMILES string of the molecule is CCC1CC(c2ccc(C(=O)Oc3c(F)c(F)c(F)c(F)c3F)cc2)C(=O)C(C)=C1C. The molecule has 31 heavy (non-hydrogen) atoms. The van der Waals surface area contributed by atoms with Gasteiger partial charge in [-0.3, -0.25) is 4.79 Å². The van der Waals surface area contributed by atoms with Crippen molar-refractivity contribution >= 4 is 11.8 Å². The van der Waals surface area contributed by atoms with Crippen LogP contribution in [0.2, 0.25) is 0 Å². The molecular formula is C23H19F5O3. The van der Waals surface area contributed by atoms with Crippen LogP contribution in [0.3, 0.4) is 0 Å². The number of halogens is 5. The fourth-order valence-electron chi connectivity index (χ4n) is 3.77. The standard InChI is InChI=1S/C23H19F5O3/c1-4-12-9-15(21(29)11(3)10(12)2)13-5-7-14(8-6-13)23(30)31-22-19(27)17(25)16(24)18(26)20(22)28/h5-8,12,15H,4,9H2,1-3H3. The normalized spacial score (nSPS) is 19.0. The van der Waals surface area contributed by atoms with E-state index in [1.54, 1.807) is 6.92 Å². The molecule has 0 bridgehead atoms. The Labute approximate surface area is 175 Å². The third kappa shape index (κ3) is 3.98. The van der Waals surface area contributed by atoms with Crippen molar-refractivity contribution in [2.45, 2.75) is 39.5 Å². The molecule has 2 atom stereocenters. The van der Waals surface area contributed by atoms with Crippen LogP contribution in [0.25, 0.3) is 0 Å². The number of carbonyl (C=O) groups is 2. The Morgan fingerprint density at radius 3 is 1.97 bits per heavy atom. The first-order chi connectivity index (χ1) is 14.6. The molecule has 3 nitrogen and oxygen atoms in total. The first-order valence-electron chi connectivity index (χ1n) is 9.63. The predicted molar refractivity (Wildman–Crippen MR) is 102 cm³/mol. The van der Waals surface area contributed by atoms with Crippen LogP contribution in [0, 0.1) is 35.0 Å². The van der Waals surface area contributed by atoms with Crippen LogP contribution in [0.4, 0.5) is 22.0 Å². The second-order valence-electron chi connectivity index (χ2n) is 7.48. The van der Waals surface area contributed by atoms with E-state index in [2.05, 4.69) is 4.74 Å². The van der Waals surface area contributed by atoms with Gasteiger partial charge in [-0.1, -0.05) is 24.6 Å². The smallest absolute Gasteiger partial charge is 0.343 e. The molecule has 0 heterocycles. The number of Topliss-reactive ketones (excluding diaryl/α,β-unsaturated/α-hetero) is 1. The molecule has 2 aromatic carbocycles. The molecule has 0 aromatic heterocycles. The number of benzene rings is 2. The van der Waals surface area contributed by atoms with Crippen LogP contribution in [-0.4, -0.2) is 11.8 Å². The highest BCUT2D eigenvalue weighted by Crippen LogP contribution is 2.38. The monoisotopic (exact) mass is 438 g/mol. The minimum Gasteiger partial charge on any atom is -0.416 e. The maximum Gasteiger partial charge on any atom is 0.343 e. The van der Waals surface area contributed by atoms with Gasteiger partial charge in [-0.2, -0.15) is 8.78 Å². The summed E-state index contributed by atoms with van der Waals surface area (Å²) >= 11 is 0. The number of allylic oxidation sites excluding steroid dienone is 2. The molecule has 0 saturated heterocycles. The molecule has 3 rings (SSSR count). The molecule has 1 aliphatic carbocycles. The van der Waals surface area contributed by atoms with E-state index in [1.165, 1.54) is 24.3 Å². The number of ketones is 1. The Hall–Kier alpha value is -3.03. The fourth-order valence-corrected chi connectivity index (χ4v) is 3.77. The predicted octanol–water partition coefficient (Wildman–Crippen LogP) is 6.02. The highest BCUT2D eigenvalue weighted by molar-refractivity contribution is 6.01. The summed E-state index contributed by atoms with van der Waals surface area (Å²) in [7, 11) is 0. The molecule has 0 aliphatic heterocycles. The Bertz CT molecular complexity index is 1060. The first-order valence-corrected chi connectivity index (χ1v) is 9.63. The topological polar surface area (TPSA) is 43.4 Å². The second kappa shape index (κ2) is 8.61. The lowest BCUT2D eigenvalue weighted by Gasteiger charge is -2.30. The third-order valence-electron chi connectivity index (χ3n) is 5.82. The van der Waals surface area contributed by atoms with E-state index in [4.69, 9.17) is 0 Å². The molecule has 0 saturated carbocycles. The lowest BCUT2D eigenvalue weighted by molar-refractivity contribution is -0.117. The summed E-state index contributed by atoms with van der Waals surface area (Å²) < 4.78 is 71.6. The summed E-state index contributed by atoms with van der Waals surface area (Å²) in [5.41, 5.74) is 2.25. The van der Waals surface area contributed by atoms with E-state index in [-0.39, 0.29) is 17.3 Å². The van der Waals surface area contributed by atoms with Crippen LogP contribution >= 0.6 is 0 Å². The molecule has 164 valence electrons. The van der Waals surface area contributed by atoms with E-state index in [0.29, 0.717) is 17.6 Å². The van der Waals surface area contributed by atoms with E-state index < -0.39 is 46.7 Å². The van der Waals surface area contributed by atoms with Gasteiger partial charge < -0.3 is 4.74 Å². The minimum atomic E-state index is -2.35. The maximum atomic E-state index is 13.7. The Balaban J connectivity index is 1.85. The number of carbonyl (C=O) groups excluding carboxylic acids is 2. The van der Waals surface area contributed by atoms with Crippen molar-refractivity contribution in [2.75, 3.05) is 0 Å². The summed E-state index contributed by atoms with van der Waals surface area (Å²) in [4.78, 5) is 24.9. The van der Waals surface area contributed by atoms with Crippen molar-refractivity contribution < 1.29 is 36.3 Å². The fraction of sp³-hybridized carbons (Fsp3) is 0.304. The van der Waals surface area contributed by atoms with Gasteiger partial charge in [0.05, 0.1) is 5.56 Å². The molecule has 0 N–H and O–H groups in total. The maximum absolute atomic E-state index is 13.7. The van der Waals surface area contributed by atoms with Crippen LogP contribution < -0.4 is 4.74 Å². The summed E-state index contributed by atoms with van der Waals surface area (Å²) in [5, 5.41) is 0. The van der Waals surface area contributed by atoms with E-state index in [0.717, 1.165) is 12.0 Å². The minimum absolute atomic E-state index is 0.0149. The average molecular weight is 438 g/mol. The molecule has 0 spiro atoms. The van der Waals surface area contributed by atoms with Gasteiger partial charge in [-0.25, -0.2) is 18.0 Å². The van der Waals surface area contributed by atoms with Gasteiger partial charge in [-0.15, -0.1) is 0 Å². The van der Waals surface area contributed by atoms with Gasteiger partial charge in [0.25, 0.3) is 0 Å². The highest BCUT2D eigenvalue weighted by atomic mass is 19.2. The van der Waals surface area contributed by atoms with Crippen LogP contribution in [0.5, 0.6) is 5.75 Å². The molecule has 2 aromatic rings. The average Bonchev–Trinajstić information content (AvgIpc) is 2.78. The lowest BCUT2D eigenvalue weighted by Crippen LogP contribution is -2.25. The molecule has 1 aliphatic rings. The largest absolute Gasteiger partial charge is 0.416 e. The third-order valence-corrected chi connectivity index (χ3v) is 5.82. The molecular weight excluding hydrogens is 419 g/mol. The zero-order valence-corrected chi connectivity index (χ0v) is 17.0. The van der Waals surface area contributed by atoms with Gasteiger partial charge in [0.15, 0.2) is 5.78 Å². The summed E-state index contributed by atoms with van der Waals surface area (Å²) in [5.74, 6) is -14.4. The Kier molecular flexibility index (Phi) is 6.29. The van der Waals surface area contributed by atoms with Crippen molar-refractivity contribution in [1.82, 2.24) is 0 Å². The molecule has 2 unspecified atom stereocenters. The van der Waals surface area contributed by atoms with E-state index in [1.807, 2.05) is 13.8 Å². The van der Waals surface area contributed by atoms with Gasteiger partial charge in [0.1, 0.15) is 0 Å². The van der Waals surface area contributed by atoms with Crippen LogP contribution in [-0.2, 0) is 4.79 Å². The van der Waals surface area contributed by atoms with Gasteiger partial charge in [-0.05, 0) is 55.9 Å². The van der Waals surface area contributed by atoms with Gasteiger partial charge in [0, 0.05) is 5.92 Å². The zero-order chi connectivity index (χ0) is 23.0. The molecule has 0 amide bonds. The highest BCUT2D eigenvalue weighted by Gasteiger charge is 2.32. The van der Waals surface area contributed by atoms with E-state index >= 15 is 0 Å². The molecule has 0 radical (unpaired) electrons. The number of hydrogen-bond donors (Lipinski definition) is 0.